The number of nitrogens with one attached hydrogen (secondary N) is 1. The average molecular weight is 346 g/mol. The van der Waals surface area contributed by atoms with Crippen LogP contribution in [-0.4, -0.2) is 21.7 Å². The van der Waals surface area contributed by atoms with Gasteiger partial charge in [0.15, 0.2) is 0 Å². The molecule has 132 valence electrons. The van der Waals surface area contributed by atoms with E-state index in [0.29, 0.717) is 5.56 Å². The van der Waals surface area contributed by atoms with Crippen molar-refractivity contribution in [2.45, 2.75) is 27.7 Å². The van der Waals surface area contributed by atoms with Crippen molar-refractivity contribution in [1.29, 1.82) is 0 Å². The molecular formula is C21H22N4O. The zero-order valence-corrected chi connectivity index (χ0v) is 15.4. The largest absolute Gasteiger partial charge is 0.318 e. The van der Waals surface area contributed by atoms with Gasteiger partial charge in [-0.1, -0.05) is 17.7 Å². The maximum Gasteiger partial charge on any atom is 0.272 e. The molecule has 0 unspecified atom stereocenters. The summed E-state index contributed by atoms with van der Waals surface area (Å²) in [5.41, 5.74) is 9.81. The number of hydrogen-bond acceptors (Lipinski definition) is 3. The molecule has 0 saturated heterocycles. The van der Waals surface area contributed by atoms with Gasteiger partial charge < -0.3 is 4.57 Å². The summed E-state index contributed by atoms with van der Waals surface area (Å²) in [5.74, 6) is -0.280. The fraction of sp³-hybridized carbons (Fsp3) is 0.190. The van der Waals surface area contributed by atoms with Gasteiger partial charge in [-0.15, -0.1) is 0 Å². The molecule has 5 heteroatoms. The van der Waals surface area contributed by atoms with E-state index in [2.05, 4.69) is 72.0 Å². The fourth-order valence-electron chi connectivity index (χ4n) is 3.07. The zero-order chi connectivity index (χ0) is 18.7. The molecule has 0 bridgehead atoms. The minimum atomic E-state index is -0.280. The Bertz CT molecular complexity index is 971. The lowest BCUT2D eigenvalue weighted by atomic mass is 10.1. The summed E-state index contributed by atoms with van der Waals surface area (Å²) in [6.07, 6.45) is 4.81. The second kappa shape index (κ2) is 7.35. The van der Waals surface area contributed by atoms with Crippen molar-refractivity contribution in [2.75, 3.05) is 0 Å². The smallest absolute Gasteiger partial charge is 0.272 e. The standard InChI is InChI=1S/C21H22N4O/c1-14-7-8-20(15(2)10-14)25-16(3)11-19(17(25)4)13-23-24-21(26)18-6-5-9-22-12-18/h5-13H,1-4H3,(H,24,26)/b23-13+. The summed E-state index contributed by atoms with van der Waals surface area (Å²) < 4.78 is 2.21. The van der Waals surface area contributed by atoms with Crippen molar-refractivity contribution >= 4 is 12.1 Å². The van der Waals surface area contributed by atoms with Gasteiger partial charge in [0.2, 0.25) is 0 Å². The maximum atomic E-state index is 12.0. The third-order valence-corrected chi connectivity index (χ3v) is 4.36. The van der Waals surface area contributed by atoms with Crippen LogP contribution in [0, 0.1) is 27.7 Å². The quantitative estimate of drug-likeness (QED) is 0.576. The SMILES string of the molecule is Cc1ccc(-n2c(C)cc(/C=N/NC(=O)c3cccnc3)c2C)c(C)c1. The lowest BCUT2D eigenvalue weighted by Crippen LogP contribution is -2.17. The van der Waals surface area contributed by atoms with Crippen molar-refractivity contribution in [2.24, 2.45) is 5.10 Å². The molecule has 2 aromatic heterocycles. The molecule has 26 heavy (non-hydrogen) atoms. The van der Waals surface area contributed by atoms with Crippen LogP contribution >= 0.6 is 0 Å². The lowest BCUT2D eigenvalue weighted by molar-refractivity contribution is 0.0955. The van der Waals surface area contributed by atoms with Crippen LogP contribution in [-0.2, 0) is 0 Å². The van der Waals surface area contributed by atoms with Gasteiger partial charge in [-0.3, -0.25) is 9.78 Å². The Balaban J connectivity index is 1.83. The van der Waals surface area contributed by atoms with Crippen LogP contribution in [0.25, 0.3) is 5.69 Å². The Morgan fingerprint density at radius 2 is 1.96 bits per heavy atom. The molecule has 0 radical (unpaired) electrons. The number of pyridine rings is 1. The number of hydrogen-bond donors (Lipinski definition) is 1. The number of benzene rings is 1. The van der Waals surface area contributed by atoms with Gasteiger partial charge in [0.1, 0.15) is 0 Å². The van der Waals surface area contributed by atoms with E-state index < -0.39 is 0 Å². The normalized spacial score (nSPS) is 11.1. The zero-order valence-electron chi connectivity index (χ0n) is 15.4. The fourth-order valence-corrected chi connectivity index (χ4v) is 3.07. The van der Waals surface area contributed by atoms with E-state index in [9.17, 15) is 4.79 Å². The average Bonchev–Trinajstić information content (AvgIpc) is 2.90. The number of rotatable bonds is 4. The number of carbonyl (C=O) groups is 1. The van der Waals surface area contributed by atoms with Crippen molar-refractivity contribution in [3.63, 3.8) is 0 Å². The lowest BCUT2D eigenvalue weighted by Gasteiger charge is -2.13. The second-order valence-corrected chi connectivity index (χ2v) is 6.39. The number of aromatic nitrogens is 2. The Labute approximate surface area is 153 Å². The van der Waals surface area contributed by atoms with Crippen molar-refractivity contribution < 1.29 is 4.79 Å². The maximum absolute atomic E-state index is 12.0. The van der Waals surface area contributed by atoms with Gasteiger partial charge in [0, 0.05) is 35.0 Å². The molecule has 3 rings (SSSR count). The van der Waals surface area contributed by atoms with Crippen LogP contribution in [0.5, 0.6) is 0 Å². The van der Waals surface area contributed by atoms with Gasteiger partial charge in [0.05, 0.1) is 11.8 Å². The molecule has 3 aromatic rings. The number of hydrazone groups is 1. The molecule has 0 atom stereocenters. The van der Waals surface area contributed by atoms with E-state index in [-0.39, 0.29) is 5.91 Å². The first-order valence-corrected chi connectivity index (χ1v) is 8.47. The van der Waals surface area contributed by atoms with Gasteiger partial charge >= 0.3 is 0 Å². The molecule has 5 nitrogen and oxygen atoms in total. The van der Waals surface area contributed by atoms with Crippen LogP contribution in [0.1, 0.15) is 38.4 Å². The third-order valence-electron chi connectivity index (χ3n) is 4.36. The van der Waals surface area contributed by atoms with Crippen molar-refractivity contribution in [3.8, 4) is 5.69 Å². The van der Waals surface area contributed by atoms with E-state index in [1.807, 2.05) is 0 Å². The third kappa shape index (κ3) is 3.57. The summed E-state index contributed by atoms with van der Waals surface area (Å²) in [4.78, 5) is 16.0. The van der Waals surface area contributed by atoms with E-state index in [1.165, 1.54) is 17.3 Å². The summed E-state index contributed by atoms with van der Waals surface area (Å²) in [6.45, 7) is 8.33. The predicted octanol–water partition coefficient (Wildman–Crippen LogP) is 3.87. The summed E-state index contributed by atoms with van der Waals surface area (Å²) in [5, 5.41) is 4.10. The van der Waals surface area contributed by atoms with Crippen LogP contribution < -0.4 is 5.43 Å². The van der Waals surface area contributed by atoms with Gasteiger partial charge in [-0.2, -0.15) is 5.10 Å². The van der Waals surface area contributed by atoms with E-state index in [1.54, 1.807) is 24.5 Å². The first-order valence-electron chi connectivity index (χ1n) is 8.47. The molecule has 1 aromatic carbocycles. The molecule has 0 aliphatic carbocycles. The predicted molar refractivity (Wildman–Crippen MR) is 104 cm³/mol. The van der Waals surface area contributed by atoms with E-state index >= 15 is 0 Å². The Hall–Kier alpha value is -3.21. The summed E-state index contributed by atoms with van der Waals surface area (Å²) in [6, 6.07) is 11.9. The number of nitrogens with zero attached hydrogens (tertiary/aromatic N) is 3. The topological polar surface area (TPSA) is 59.3 Å². The minimum Gasteiger partial charge on any atom is -0.318 e. The number of aryl methyl sites for hydroxylation is 3. The first kappa shape index (κ1) is 17.6. The van der Waals surface area contributed by atoms with Crippen LogP contribution in [0.4, 0.5) is 0 Å². The molecule has 1 amide bonds. The van der Waals surface area contributed by atoms with Crippen LogP contribution in [0.3, 0.4) is 0 Å². The van der Waals surface area contributed by atoms with Crippen molar-refractivity contribution in [3.05, 3.63) is 82.4 Å². The molecule has 0 aliphatic rings. The van der Waals surface area contributed by atoms with E-state index in [4.69, 9.17) is 0 Å². The molecule has 1 N–H and O–H groups in total. The summed E-state index contributed by atoms with van der Waals surface area (Å²) >= 11 is 0. The highest BCUT2D eigenvalue weighted by molar-refractivity contribution is 5.94. The van der Waals surface area contributed by atoms with E-state index in [0.717, 1.165) is 22.6 Å². The first-order chi connectivity index (χ1) is 12.5. The van der Waals surface area contributed by atoms with Gasteiger partial charge in [-0.05, 0) is 57.5 Å². The Morgan fingerprint density at radius 1 is 1.15 bits per heavy atom. The molecule has 2 heterocycles. The van der Waals surface area contributed by atoms with Crippen LogP contribution in [0.15, 0.2) is 53.9 Å². The second-order valence-electron chi connectivity index (χ2n) is 6.39. The molecule has 0 aliphatic heterocycles. The number of carbonyl (C=O) groups excluding carboxylic acids is 1. The van der Waals surface area contributed by atoms with Crippen molar-refractivity contribution in [1.82, 2.24) is 15.0 Å². The Kier molecular flexibility index (Phi) is 4.98. The minimum absolute atomic E-state index is 0.280. The monoisotopic (exact) mass is 346 g/mol. The highest BCUT2D eigenvalue weighted by Gasteiger charge is 2.11. The highest BCUT2D eigenvalue weighted by atomic mass is 16.2. The van der Waals surface area contributed by atoms with Crippen LogP contribution in [0.2, 0.25) is 0 Å². The van der Waals surface area contributed by atoms with Gasteiger partial charge in [-0.25, -0.2) is 5.43 Å². The number of amides is 1. The van der Waals surface area contributed by atoms with Gasteiger partial charge in [0.25, 0.3) is 5.91 Å². The Morgan fingerprint density at radius 3 is 2.65 bits per heavy atom. The summed E-state index contributed by atoms with van der Waals surface area (Å²) in [7, 11) is 0. The molecule has 0 spiro atoms. The molecule has 0 fully saturated rings. The molecular weight excluding hydrogens is 324 g/mol. The molecule has 0 saturated carbocycles. The highest BCUT2D eigenvalue weighted by Crippen LogP contribution is 2.23.